The lowest BCUT2D eigenvalue weighted by molar-refractivity contribution is 0.267. The van der Waals surface area contributed by atoms with Crippen LogP contribution in [0.15, 0.2) is 29.3 Å². The van der Waals surface area contributed by atoms with Crippen molar-refractivity contribution in [2.24, 2.45) is 4.99 Å². The molecule has 1 fully saturated rings. The summed E-state index contributed by atoms with van der Waals surface area (Å²) in [5.74, 6) is 1.78. The van der Waals surface area contributed by atoms with E-state index in [1.165, 1.54) is 19.4 Å². The van der Waals surface area contributed by atoms with Crippen molar-refractivity contribution in [3.05, 3.63) is 29.8 Å². The van der Waals surface area contributed by atoms with E-state index in [0.717, 1.165) is 30.4 Å². The number of likely N-dealkylation sites (tertiary alicyclic amines) is 1. The van der Waals surface area contributed by atoms with E-state index in [1.807, 2.05) is 32.2 Å². The molecule has 1 aromatic rings. The van der Waals surface area contributed by atoms with E-state index in [2.05, 4.69) is 33.5 Å². The van der Waals surface area contributed by atoms with Gasteiger partial charge in [0.2, 0.25) is 0 Å². The van der Waals surface area contributed by atoms with Crippen LogP contribution >= 0.6 is 24.0 Å². The molecule has 1 unspecified atom stereocenters. The van der Waals surface area contributed by atoms with Crippen molar-refractivity contribution in [1.82, 2.24) is 15.5 Å². The van der Waals surface area contributed by atoms with Gasteiger partial charge in [-0.2, -0.15) is 0 Å². The van der Waals surface area contributed by atoms with Gasteiger partial charge in [-0.05, 0) is 38.9 Å². The van der Waals surface area contributed by atoms with Crippen LogP contribution in [0.3, 0.4) is 0 Å². The Morgan fingerprint density at radius 1 is 1.29 bits per heavy atom. The fourth-order valence-electron chi connectivity index (χ4n) is 3.10. The Labute approximate surface area is 163 Å². The molecule has 0 radical (unpaired) electrons. The maximum Gasteiger partial charge on any atom is 0.191 e. The number of likely N-dealkylation sites (N-methyl/N-ethyl adjacent to an activating group) is 1. The quantitative estimate of drug-likeness (QED) is 0.384. The highest BCUT2D eigenvalue weighted by Crippen LogP contribution is 2.17. The Morgan fingerprint density at radius 2 is 2.08 bits per heavy atom. The number of para-hydroxylation sites is 1. The lowest BCUT2D eigenvalue weighted by atomic mass is 10.2. The van der Waals surface area contributed by atoms with Crippen molar-refractivity contribution in [2.75, 3.05) is 33.3 Å². The molecular weight excluding hydrogens is 415 g/mol. The minimum atomic E-state index is 0. The predicted octanol–water partition coefficient (Wildman–Crippen LogP) is 2.85. The summed E-state index contributed by atoms with van der Waals surface area (Å²) in [6.07, 6.45) is 2.57. The van der Waals surface area contributed by atoms with Crippen molar-refractivity contribution >= 4 is 29.9 Å². The first kappa shape index (κ1) is 21.0. The summed E-state index contributed by atoms with van der Waals surface area (Å²) in [7, 11) is 1.82. The number of nitrogens with one attached hydrogen (secondary N) is 2. The van der Waals surface area contributed by atoms with Crippen LogP contribution in [0.1, 0.15) is 32.3 Å². The molecule has 1 aromatic carbocycles. The van der Waals surface area contributed by atoms with Crippen LogP contribution < -0.4 is 15.4 Å². The molecule has 5 nitrogen and oxygen atoms in total. The van der Waals surface area contributed by atoms with Crippen molar-refractivity contribution in [3.63, 3.8) is 0 Å². The molecule has 1 heterocycles. The minimum Gasteiger partial charge on any atom is -0.494 e. The predicted molar refractivity (Wildman–Crippen MR) is 111 cm³/mol. The normalized spacial score (nSPS) is 18.1. The summed E-state index contributed by atoms with van der Waals surface area (Å²) in [6.45, 7) is 8.91. The number of halogens is 1. The first-order valence-corrected chi connectivity index (χ1v) is 8.67. The van der Waals surface area contributed by atoms with Crippen molar-refractivity contribution in [3.8, 4) is 5.75 Å². The molecule has 2 N–H and O–H groups in total. The highest BCUT2D eigenvalue weighted by Gasteiger charge is 2.22. The molecule has 1 aliphatic heterocycles. The van der Waals surface area contributed by atoms with Gasteiger partial charge in [-0.25, -0.2) is 0 Å². The van der Waals surface area contributed by atoms with E-state index in [0.29, 0.717) is 19.2 Å². The summed E-state index contributed by atoms with van der Waals surface area (Å²) in [4.78, 5) is 6.86. The highest BCUT2D eigenvalue weighted by atomic mass is 127. The lowest BCUT2D eigenvalue weighted by Gasteiger charge is -2.24. The van der Waals surface area contributed by atoms with Gasteiger partial charge in [-0.15, -0.1) is 24.0 Å². The molecule has 2 rings (SSSR count). The summed E-state index contributed by atoms with van der Waals surface area (Å²) in [5, 5.41) is 6.84. The second kappa shape index (κ2) is 11.5. The number of hydrogen-bond donors (Lipinski definition) is 2. The monoisotopic (exact) mass is 446 g/mol. The average Bonchev–Trinajstić information content (AvgIpc) is 3.04. The van der Waals surface area contributed by atoms with Gasteiger partial charge in [-0.1, -0.05) is 25.1 Å². The number of guanidine groups is 1. The maximum atomic E-state index is 5.67. The third-order valence-electron chi connectivity index (χ3n) is 4.35. The number of benzene rings is 1. The third-order valence-corrected chi connectivity index (χ3v) is 4.35. The van der Waals surface area contributed by atoms with Crippen LogP contribution in [0.4, 0.5) is 0 Å². The van der Waals surface area contributed by atoms with Gasteiger partial charge in [0.25, 0.3) is 0 Å². The second-order valence-corrected chi connectivity index (χ2v) is 5.77. The van der Waals surface area contributed by atoms with Crippen molar-refractivity contribution in [2.45, 2.75) is 39.3 Å². The van der Waals surface area contributed by atoms with Crippen LogP contribution in [-0.2, 0) is 6.54 Å². The molecule has 0 aliphatic carbocycles. The molecule has 1 saturated heterocycles. The van der Waals surface area contributed by atoms with E-state index in [1.54, 1.807) is 0 Å². The smallest absolute Gasteiger partial charge is 0.191 e. The number of nitrogens with zero attached hydrogens (tertiary/aromatic N) is 2. The fourth-order valence-corrected chi connectivity index (χ4v) is 3.10. The van der Waals surface area contributed by atoms with Crippen molar-refractivity contribution < 1.29 is 4.74 Å². The zero-order chi connectivity index (χ0) is 16.5. The van der Waals surface area contributed by atoms with Gasteiger partial charge in [0.1, 0.15) is 5.75 Å². The van der Waals surface area contributed by atoms with Gasteiger partial charge >= 0.3 is 0 Å². The standard InChI is InChI=1S/C18H30N4O.HI/c1-4-22-12-8-10-16(22)14-21-18(19-3)20-13-15-9-6-7-11-17(15)23-5-2;/h6-7,9,11,16H,4-5,8,10,12-14H2,1-3H3,(H2,19,20,21);1H. The summed E-state index contributed by atoms with van der Waals surface area (Å²) < 4.78 is 5.67. The number of ether oxygens (including phenoxy) is 1. The molecule has 0 amide bonds. The van der Waals surface area contributed by atoms with Gasteiger partial charge in [0.15, 0.2) is 5.96 Å². The van der Waals surface area contributed by atoms with Gasteiger partial charge in [0.05, 0.1) is 6.61 Å². The van der Waals surface area contributed by atoms with E-state index in [4.69, 9.17) is 4.74 Å². The lowest BCUT2D eigenvalue weighted by Crippen LogP contribution is -2.44. The summed E-state index contributed by atoms with van der Waals surface area (Å²) in [5.41, 5.74) is 1.15. The van der Waals surface area contributed by atoms with Crippen LogP contribution in [0, 0.1) is 0 Å². The van der Waals surface area contributed by atoms with Crippen LogP contribution in [-0.4, -0.2) is 50.2 Å². The Bertz CT molecular complexity index is 510. The van der Waals surface area contributed by atoms with Crippen LogP contribution in [0.2, 0.25) is 0 Å². The largest absolute Gasteiger partial charge is 0.494 e. The molecule has 0 saturated carbocycles. The first-order valence-electron chi connectivity index (χ1n) is 8.67. The molecule has 24 heavy (non-hydrogen) atoms. The number of hydrogen-bond acceptors (Lipinski definition) is 3. The highest BCUT2D eigenvalue weighted by molar-refractivity contribution is 14.0. The number of rotatable bonds is 7. The van der Waals surface area contributed by atoms with E-state index in [9.17, 15) is 0 Å². The van der Waals surface area contributed by atoms with Crippen molar-refractivity contribution in [1.29, 1.82) is 0 Å². The maximum absolute atomic E-state index is 5.67. The fraction of sp³-hybridized carbons (Fsp3) is 0.611. The zero-order valence-corrected chi connectivity index (χ0v) is 17.4. The molecule has 1 aliphatic rings. The molecular formula is C18H31IN4O. The molecule has 0 spiro atoms. The Hall–Kier alpha value is -1.02. The Morgan fingerprint density at radius 3 is 2.79 bits per heavy atom. The third kappa shape index (κ3) is 6.12. The van der Waals surface area contributed by atoms with Crippen LogP contribution in [0.5, 0.6) is 5.75 Å². The minimum absolute atomic E-state index is 0. The van der Waals surface area contributed by atoms with E-state index < -0.39 is 0 Å². The van der Waals surface area contributed by atoms with Gasteiger partial charge in [0, 0.05) is 31.7 Å². The van der Waals surface area contributed by atoms with Crippen LogP contribution in [0.25, 0.3) is 0 Å². The second-order valence-electron chi connectivity index (χ2n) is 5.77. The Balaban J connectivity index is 0.00000288. The molecule has 1 atom stereocenters. The van der Waals surface area contributed by atoms with Gasteiger partial charge in [-0.3, -0.25) is 9.89 Å². The average molecular weight is 446 g/mol. The van der Waals surface area contributed by atoms with E-state index in [-0.39, 0.29) is 24.0 Å². The summed E-state index contributed by atoms with van der Waals surface area (Å²) >= 11 is 0. The van der Waals surface area contributed by atoms with Gasteiger partial charge < -0.3 is 15.4 Å². The topological polar surface area (TPSA) is 48.9 Å². The molecule has 136 valence electrons. The number of aliphatic imine (C=N–C) groups is 1. The van der Waals surface area contributed by atoms with E-state index >= 15 is 0 Å². The molecule has 6 heteroatoms. The SMILES string of the molecule is CCOc1ccccc1CNC(=NC)NCC1CCCN1CC.I. The Kier molecular flexibility index (Phi) is 10.1. The molecule has 0 bridgehead atoms. The summed E-state index contributed by atoms with van der Waals surface area (Å²) in [6, 6.07) is 8.75. The molecule has 0 aromatic heterocycles. The zero-order valence-electron chi connectivity index (χ0n) is 15.0. The first-order chi connectivity index (χ1) is 11.3.